The van der Waals surface area contributed by atoms with E-state index in [0.717, 1.165) is 11.8 Å². The van der Waals surface area contributed by atoms with E-state index < -0.39 is 4.92 Å². The van der Waals surface area contributed by atoms with E-state index in [0.29, 0.717) is 18.9 Å². The number of nitro groups is 1. The van der Waals surface area contributed by atoms with Gasteiger partial charge >= 0.3 is 5.69 Å². The van der Waals surface area contributed by atoms with Crippen LogP contribution in [0.4, 0.5) is 11.4 Å². The van der Waals surface area contributed by atoms with E-state index in [9.17, 15) is 14.9 Å². The maximum atomic E-state index is 12.0. The van der Waals surface area contributed by atoms with Gasteiger partial charge in [-0.05, 0) is 13.0 Å². The van der Waals surface area contributed by atoms with Crippen LogP contribution in [0.15, 0.2) is 36.7 Å². The summed E-state index contributed by atoms with van der Waals surface area (Å²) in [5.41, 5.74) is 1.52. The Balaban J connectivity index is 1.90. The molecule has 23 heavy (non-hydrogen) atoms. The Bertz CT molecular complexity index is 684. The van der Waals surface area contributed by atoms with Crippen molar-refractivity contribution < 1.29 is 14.5 Å². The lowest BCUT2D eigenvalue weighted by Crippen LogP contribution is -2.16. The number of nitrogens with one attached hydrogen (secondary N) is 1. The number of aryl methyl sites for hydroxylation is 1. The standard InChI is InChI=1S/C15H18N4O4/c1-2-23-11-12-5-3-4-6-14(12)17-15(20)7-8-18-10-13(9-16-18)19(21)22/h3-6,9-10H,2,7-8,11H2,1H3,(H,17,20). The van der Waals surface area contributed by atoms with Gasteiger partial charge in [0.1, 0.15) is 12.4 Å². The van der Waals surface area contributed by atoms with Gasteiger partial charge in [-0.2, -0.15) is 5.10 Å². The number of rotatable bonds is 8. The first-order valence-electron chi connectivity index (χ1n) is 7.22. The van der Waals surface area contributed by atoms with E-state index in [1.54, 1.807) is 0 Å². The van der Waals surface area contributed by atoms with E-state index in [-0.39, 0.29) is 24.6 Å². The Kier molecular flexibility index (Phi) is 5.81. The number of hydrogen-bond donors (Lipinski definition) is 1. The number of para-hydroxylation sites is 1. The summed E-state index contributed by atoms with van der Waals surface area (Å²) in [6.45, 7) is 3.20. The van der Waals surface area contributed by atoms with Crippen molar-refractivity contribution in [2.24, 2.45) is 0 Å². The van der Waals surface area contributed by atoms with Crippen molar-refractivity contribution in [1.29, 1.82) is 0 Å². The topological polar surface area (TPSA) is 99.3 Å². The highest BCUT2D eigenvalue weighted by Crippen LogP contribution is 2.16. The second-order valence-corrected chi connectivity index (χ2v) is 4.81. The monoisotopic (exact) mass is 318 g/mol. The lowest BCUT2D eigenvalue weighted by Gasteiger charge is -2.11. The molecule has 1 amide bonds. The summed E-state index contributed by atoms with van der Waals surface area (Å²) in [6, 6.07) is 7.42. The van der Waals surface area contributed by atoms with Crippen LogP contribution < -0.4 is 5.32 Å². The molecule has 8 nitrogen and oxygen atoms in total. The van der Waals surface area contributed by atoms with Gasteiger partial charge in [-0.15, -0.1) is 0 Å². The van der Waals surface area contributed by atoms with Crippen LogP contribution in [0.2, 0.25) is 0 Å². The third kappa shape index (κ3) is 4.89. The normalized spacial score (nSPS) is 10.5. The van der Waals surface area contributed by atoms with Crippen molar-refractivity contribution >= 4 is 17.3 Å². The number of ether oxygens (including phenoxy) is 1. The van der Waals surface area contributed by atoms with Crippen molar-refractivity contribution in [2.75, 3.05) is 11.9 Å². The molecule has 2 rings (SSSR count). The predicted molar refractivity (Wildman–Crippen MR) is 83.9 cm³/mol. The molecule has 1 aromatic carbocycles. The van der Waals surface area contributed by atoms with Crippen molar-refractivity contribution in [3.63, 3.8) is 0 Å². The van der Waals surface area contributed by atoms with Crippen LogP contribution in [0, 0.1) is 10.1 Å². The van der Waals surface area contributed by atoms with E-state index in [1.807, 2.05) is 31.2 Å². The molecule has 8 heteroatoms. The summed E-state index contributed by atoms with van der Waals surface area (Å²) >= 11 is 0. The maximum absolute atomic E-state index is 12.0. The molecule has 0 saturated carbocycles. The molecule has 1 aromatic heterocycles. The molecule has 0 atom stereocenters. The fourth-order valence-electron chi connectivity index (χ4n) is 1.98. The van der Waals surface area contributed by atoms with Gasteiger partial charge in [0.05, 0.1) is 11.5 Å². The number of benzene rings is 1. The fourth-order valence-corrected chi connectivity index (χ4v) is 1.98. The molecular formula is C15H18N4O4. The summed E-state index contributed by atoms with van der Waals surface area (Å²) in [7, 11) is 0. The minimum atomic E-state index is -0.520. The molecule has 0 aliphatic rings. The number of carbonyl (C=O) groups is 1. The van der Waals surface area contributed by atoms with E-state index in [4.69, 9.17) is 4.74 Å². The Morgan fingerprint density at radius 3 is 2.91 bits per heavy atom. The van der Waals surface area contributed by atoms with Crippen molar-refractivity contribution in [3.05, 3.63) is 52.3 Å². The molecule has 2 aromatic rings. The first-order valence-corrected chi connectivity index (χ1v) is 7.22. The zero-order valence-corrected chi connectivity index (χ0v) is 12.8. The van der Waals surface area contributed by atoms with Gasteiger partial charge in [0.25, 0.3) is 0 Å². The summed E-state index contributed by atoms with van der Waals surface area (Å²) in [5.74, 6) is -0.188. The molecule has 1 heterocycles. The average molecular weight is 318 g/mol. The van der Waals surface area contributed by atoms with Crippen molar-refractivity contribution in [1.82, 2.24) is 9.78 Å². The number of carbonyl (C=O) groups excluding carboxylic acids is 1. The lowest BCUT2D eigenvalue weighted by molar-refractivity contribution is -0.385. The molecule has 1 N–H and O–H groups in total. The van der Waals surface area contributed by atoms with Crippen LogP contribution in [0.5, 0.6) is 0 Å². The van der Waals surface area contributed by atoms with E-state index >= 15 is 0 Å². The first-order chi connectivity index (χ1) is 11.1. The Labute approximate surface area is 133 Å². The zero-order valence-electron chi connectivity index (χ0n) is 12.8. The van der Waals surface area contributed by atoms with Crippen LogP contribution in [0.3, 0.4) is 0 Å². The van der Waals surface area contributed by atoms with E-state index in [1.165, 1.54) is 10.9 Å². The highest BCUT2D eigenvalue weighted by atomic mass is 16.6. The molecule has 0 aliphatic carbocycles. The Morgan fingerprint density at radius 2 is 2.22 bits per heavy atom. The van der Waals surface area contributed by atoms with Gasteiger partial charge in [0.15, 0.2) is 0 Å². The highest BCUT2D eigenvalue weighted by Gasteiger charge is 2.11. The fraction of sp³-hybridized carbons (Fsp3) is 0.333. The Hall–Kier alpha value is -2.74. The highest BCUT2D eigenvalue weighted by molar-refractivity contribution is 5.91. The van der Waals surface area contributed by atoms with E-state index in [2.05, 4.69) is 10.4 Å². The molecule has 0 radical (unpaired) electrons. The lowest BCUT2D eigenvalue weighted by atomic mass is 10.2. The van der Waals surface area contributed by atoms with Gasteiger partial charge in [0.2, 0.25) is 5.91 Å². The number of amides is 1. The molecule has 0 saturated heterocycles. The number of aromatic nitrogens is 2. The van der Waals surface area contributed by atoms with Gasteiger partial charge in [-0.1, -0.05) is 18.2 Å². The van der Waals surface area contributed by atoms with Crippen LogP contribution >= 0.6 is 0 Å². The largest absolute Gasteiger partial charge is 0.377 e. The van der Waals surface area contributed by atoms with Crippen LogP contribution in [-0.2, 0) is 22.7 Å². The second-order valence-electron chi connectivity index (χ2n) is 4.81. The Morgan fingerprint density at radius 1 is 1.43 bits per heavy atom. The smallest absolute Gasteiger partial charge is 0.306 e. The van der Waals surface area contributed by atoms with Crippen molar-refractivity contribution in [3.8, 4) is 0 Å². The molecule has 0 spiro atoms. The molecule has 0 aliphatic heterocycles. The molecule has 122 valence electrons. The summed E-state index contributed by atoms with van der Waals surface area (Å²) in [6.07, 6.45) is 2.63. The number of hydrogen-bond acceptors (Lipinski definition) is 5. The second kappa shape index (κ2) is 8.04. The van der Waals surface area contributed by atoms with Crippen molar-refractivity contribution in [2.45, 2.75) is 26.5 Å². The molecule has 0 unspecified atom stereocenters. The first kappa shape index (κ1) is 16.6. The van der Waals surface area contributed by atoms with Gasteiger partial charge in [-0.25, -0.2) is 0 Å². The summed E-state index contributed by atoms with van der Waals surface area (Å²) in [5, 5.41) is 17.3. The van der Waals surface area contributed by atoms with Crippen LogP contribution in [0.25, 0.3) is 0 Å². The third-order valence-corrected chi connectivity index (χ3v) is 3.15. The number of anilines is 1. The number of nitrogens with zero attached hydrogens (tertiary/aromatic N) is 3. The SMILES string of the molecule is CCOCc1ccccc1NC(=O)CCn1cc([N+](=O)[O-])cn1. The molecule has 0 fully saturated rings. The quantitative estimate of drug-likeness (QED) is 0.595. The molecular weight excluding hydrogens is 300 g/mol. The van der Waals surface area contributed by atoms with Gasteiger partial charge in [-0.3, -0.25) is 19.6 Å². The molecule has 0 bridgehead atoms. The van der Waals surface area contributed by atoms with Crippen LogP contribution in [0.1, 0.15) is 18.9 Å². The van der Waals surface area contributed by atoms with Crippen LogP contribution in [-0.4, -0.2) is 27.2 Å². The average Bonchev–Trinajstić information content (AvgIpc) is 3.01. The third-order valence-electron chi connectivity index (χ3n) is 3.15. The van der Waals surface area contributed by atoms with Gasteiger partial charge < -0.3 is 10.1 Å². The maximum Gasteiger partial charge on any atom is 0.306 e. The summed E-state index contributed by atoms with van der Waals surface area (Å²) < 4.78 is 6.75. The predicted octanol–water partition coefficient (Wildman–Crippen LogP) is 2.36. The minimum absolute atomic E-state index is 0.0903. The van der Waals surface area contributed by atoms with Gasteiger partial charge in [0, 0.05) is 30.8 Å². The summed E-state index contributed by atoms with van der Waals surface area (Å²) in [4.78, 5) is 22.1. The minimum Gasteiger partial charge on any atom is -0.377 e. The zero-order chi connectivity index (χ0) is 16.7.